The number of rotatable bonds is 9. The van der Waals surface area contributed by atoms with Gasteiger partial charge in [-0.25, -0.2) is 4.79 Å². The number of unbranched alkanes of at least 4 members (excludes halogenated alkanes) is 3. The number of barbiturate groups is 1. The van der Waals surface area contributed by atoms with E-state index in [-0.39, 0.29) is 6.61 Å². The SMILES string of the molecule is NCCCCCCC1(C2CNCCN2CCO)C(=O)NC(=O)NC1=O. The molecule has 0 radical (unpaired) electrons. The van der Waals surface area contributed by atoms with E-state index in [0.717, 1.165) is 25.8 Å². The summed E-state index contributed by atoms with van der Waals surface area (Å²) >= 11 is 0. The summed E-state index contributed by atoms with van der Waals surface area (Å²) in [4.78, 5) is 39.0. The lowest BCUT2D eigenvalue weighted by Gasteiger charge is -2.47. The number of aliphatic hydroxyl groups is 1. The fourth-order valence-electron chi connectivity index (χ4n) is 3.79. The van der Waals surface area contributed by atoms with Gasteiger partial charge in [0.15, 0.2) is 0 Å². The van der Waals surface area contributed by atoms with Gasteiger partial charge in [0.25, 0.3) is 0 Å². The van der Waals surface area contributed by atoms with Crippen LogP contribution in [0.1, 0.15) is 32.1 Å². The fourth-order valence-corrected chi connectivity index (χ4v) is 3.79. The summed E-state index contributed by atoms with van der Waals surface area (Å²) < 4.78 is 0. The number of nitrogens with two attached hydrogens (primary N) is 1. The molecule has 0 aromatic rings. The van der Waals surface area contributed by atoms with Crippen molar-refractivity contribution in [3.05, 3.63) is 0 Å². The molecular formula is C16H29N5O4. The van der Waals surface area contributed by atoms with Crippen LogP contribution in [-0.2, 0) is 9.59 Å². The van der Waals surface area contributed by atoms with Crippen molar-refractivity contribution in [2.45, 2.75) is 38.1 Å². The molecule has 2 fully saturated rings. The summed E-state index contributed by atoms with van der Waals surface area (Å²) in [6.45, 7) is 2.77. The summed E-state index contributed by atoms with van der Waals surface area (Å²) in [6.07, 6.45) is 3.77. The number of aliphatic hydroxyl groups excluding tert-OH is 1. The number of amides is 4. The van der Waals surface area contributed by atoms with Gasteiger partial charge in [-0.1, -0.05) is 19.3 Å². The zero-order valence-corrected chi connectivity index (χ0v) is 14.6. The van der Waals surface area contributed by atoms with Gasteiger partial charge in [0.2, 0.25) is 11.8 Å². The molecule has 2 aliphatic rings. The third kappa shape index (κ3) is 4.35. The minimum absolute atomic E-state index is 0.0503. The average molecular weight is 355 g/mol. The second kappa shape index (κ2) is 9.23. The van der Waals surface area contributed by atoms with Gasteiger partial charge in [-0.2, -0.15) is 0 Å². The van der Waals surface area contributed by atoms with Crippen molar-refractivity contribution in [3.8, 4) is 0 Å². The molecule has 0 aromatic carbocycles. The molecule has 9 nitrogen and oxygen atoms in total. The van der Waals surface area contributed by atoms with E-state index in [0.29, 0.717) is 39.0 Å². The molecule has 0 saturated carbocycles. The van der Waals surface area contributed by atoms with Crippen molar-refractivity contribution in [1.29, 1.82) is 0 Å². The average Bonchev–Trinajstić information content (AvgIpc) is 2.58. The third-order valence-electron chi connectivity index (χ3n) is 5.10. The van der Waals surface area contributed by atoms with Crippen molar-refractivity contribution in [2.75, 3.05) is 39.3 Å². The summed E-state index contributed by atoms with van der Waals surface area (Å²) in [5, 5.41) is 17.1. The number of nitrogens with one attached hydrogen (secondary N) is 3. The first-order valence-corrected chi connectivity index (χ1v) is 8.99. The molecule has 2 saturated heterocycles. The summed E-state index contributed by atoms with van der Waals surface area (Å²) in [7, 11) is 0. The molecule has 0 spiro atoms. The molecule has 9 heteroatoms. The number of hydrogen-bond donors (Lipinski definition) is 5. The Balaban J connectivity index is 2.22. The minimum Gasteiger partial charge on any atom is -0.395 e. The van der Waals surface area contributed by atoms with E-state index in [9.17, 15) is 19.5 Å². The van der Waals surface area contributed by atoms with Crippen LogP contribution in [-0.4, -0.2) is 73.2 Å². The number of piperazine rings is 1. The largest absolute Gasteiger partial charge is 0.395 e. The molecule has 0 aromatic heterocycles. The first-order valence-electron chi connectivity index (χ1n) is 8.99. The van der Waals surface area contributed by atoms with Crippen LogP contribution in [0, 0.1) is 5.41 Å². The standard InChI is InChI=1S/C16H29N5O4/c17-6-4-2-1-3-5-16(13(23)19-15(25)20-14(16)24)12-11-18-7-8-21(12)9-10-22/h12,18,22H,1-11,17H2,(H2,19,20,23,24,25). The Kier molecular flexibility index (Phi) is 7.30. The van der Waals surface area contributed by atoms with Gasteiger partial charge in [-0.05, 0) is 19.4 Å². The lowest BCUT2D eigenvalue weighted by molar-refractivity contribution is -0.151. The lowest BCUT2D eigenvalue weighted by atomic mass is 9.71. The number of imide groups is 2. The van der Waals surface area contributed by atoms with E-state index in [1.165, 1.54) is 0 Å². The molecule has 0 aliphatic carbocycles. The van der Waals surface area contributed by atoms with E-state index in [2.05, 4.69) is 16.0 Å². The highest BCUT2D eigenvalue weighted by molar-refractivity contribution is 6.19. The highest BCUT2D eigenvalue weighted by Gasteiger charge is 2.56. The Morgan fingerprint density at radius 3 is 2.44 bits per heavy atom. The highest BCUT2D eigenvalue weighted by atomic mass is 16.3. The van der Waals surface area contributed by atoms with Gasteiger partial charge in [-0.15, -0.1) is 0 Å². The number of nitrogens with zero attached hydrogens (tertiary/aromatic N) is 1. The van der Waals surface area contributed by atoms with E-state index in [1.807, 2.05) is 4.90 Å². The molecule has 2 heterocycles. The zero-order valence-electron chi connectivity index (χ0n) is 14.6. The van der Waals surface area contributed by atoms with Gasteiger partial charge in [0, 0.05) is 32.2 Å². The van der Waals surface area contributed by atoms with Crippen LogP contribution in [0.5, 0.6) is 0 Å². The molecular weight excluding hydrogens is 326 g/mol. The predicted molar refractivity (Wildman–Crippen MR) is 91.6 cm³/mol. The highest BCUT2D eigenvalue weighted by Crippen LogP contribution is 2.35. The Morgan fingerprint density at radius 1 is 1.12 bits per heavy atom. The maximum atomic E-state index is 12.8. The molecule has 4 amide bonds. The van der Waals surface area contributed by atoms with Crippen LogP contribution in [0.15, 0.2) is 0 Å². The number of urea groups is 1. The van der Waals surface area contributed by atoms with E-state index in [4.69, 9.17) is 5.73 Å². The molecule has 1 unspecified atom stereocenters. The van der Waals surface area contributed by atoms with Crippen LogP contribution in [0.2, 0.25) is 0 Å². The van der Waals surface area contributed by atoms with E-state index >= 15 is 0 Å². The second-order valence-electron chi connectivity index (χ2n) is 6.64. The van der Waals surface area contributed by atoms with Gasteiger partial charge >= 0.3 is 6.03 Å². The first kappa shape index (κ1) is 19.8. The lowest BCUT2D eigenvalue weighted by Crippen LogP contribution is -2.72. The van der Waals surface area contributed by atoms with Crippen molar-refractivity contribution in [3.63, 3.8) is 0 Å². The van der Waals surface area contributed by atoms with Crippen LogP contribution in [0.4, 0.5) is 4.79 Å². The van der Waals surface area contributed by atoms with Crippen molar-refractivity contribution < 1.29 is 19.5 Å². The van der Waals surface area contributed by atoms with Crippen LogP contribution < -0.4 is 21.7 Å². The van der Waals surface area contributed by atoms with Gasteiger partial charge in [0.05, 0.1) is 6.61 Å². The number of β-amino-alcohol motifs (C(OH)–C–C–N with tert-alkyl or cyclic N) is 1. The first-order chi connectivity index (χ1) is 12.1. The molecule has 25 heavy (non-hydrogen) atoms. The molecule has 6 N–H and O–H groups in total. The molecule has 0 bridgehead atoms. The third-order valence-corrected chi connectivity index (χ3v) is 5.10. The monoisotopic (exact) mass is 355 g/mol. The predicted octanol–water partition coefficient (Wildman–Crippen LogP) is -1.49. The topological polar surface area (TPSA) is 137 Å². The Morgan fingerprint density at radius 2 is 1.80 bits per heavy atom. The summed E-state index contributed by atoms with van der Waals surface area (Å²) in [5.41, 5.74) is 4.17. The van der Waals surface area contributed by atoms with Gasteiger partial charge in [0.1, 0.15) is 5.41 Å². The van der Waals surface area contributed by atoms with Gasteiger partial charge < -0.3 is 16.2 Å². The van der Waals surface area contributed by atoms with Crippen molar-refractivity contribution in [2.24, 2.45) is 11.1 Å². The second-order valence-corrected chi connectivity index (χ2v) is 6.64. The van der Waals surface area contributed by atoms with Crippen LogP contribution in [0.25, 0.3) is 0 Å². The van der Waals surface area contributed by atoms with Crippen LogP contribution in [0.3, 0.4) is 0 Å². The summed E-state index contributed by atoms with van der Waals surface area (Å²) in [5.74, 6) is -1.09. The van der Waals surface area contributed by atoms with Gasteiger partial charge in [-0.3, -0.25) is 25.1 Å². The van der Waals surface area contributed by atoms with Crippen molar-refractivity contribution >= 4 is 17.8 Å². The minimum atomic E-state index is -1.33. The smallest absolute Gasteiger partial charge is 0.328 e. The number of carbonyl (C=O) groups excluding carboxylic acids is 3. The fraction of sp³-hybridized carbons (Fsp3) is 0.812. The quantitative estimate of drug-likeness (QED) is 0.251. The Hall–Kier alpha value is -1.55. The number of carbonyl (C=O) groups is 3. The maximum absolute atomic E-state index is 12.8. The maximum Gasteiger partial charge on any atom is 0.328 e. The summed E-state index contributed by atoms with van der Waals surface area (Å²) in [6, 6.07) is -1.18. The molecule has 142 valence electrons. The normalized spacial score (nSPS) is 24.1. The van der Waals surface area contributed by atoms with E-state index < -0.39 is 29.3 Å². The zero-order chi connectivity index (χ0) is 18.3. The van der Waals surface area contributed by atoms with E-state index in [1.54, 1.807) is 0 Å². The number of hydrogen-bond acceptors (Lipinski definition) is 7. The molecule has 2 rings (SSSR count). The Bertz CT molecular complexity index is 477. The van der Waals surface area contributed by atoms with Crippen molar-refractivity contribution in [1.82, 2.24) is 20.9 Å². The van der Waals surface area contributed by atoms with Crippen LogP contribution >= 0.6 is 0 Å². The molecule has 2 aliphatic heterocycles. The Labute approximate surface area is 147 Å². The molecule has 1 atom stereocenters.